The van der Waals surface area contributed by atoms with Gasteiger partial charge in [0, 0.05) is 26.7 Å². The summed E-state index contributed by atoms with van der Waals surface area (Å²) in [7, 11) is 0. The van der Waals surface area contributed by atoms with E-state index in [4.69, 9.17) is 5.84 Å². The highest BCUT2D eigenvalue weighted by molar-refractivity contribution is 9.10. The Morgan fingerprint density at radius 3 is 2.76 bits per heavy atom. The van der Waals surface area contributed by atoms with Crippen LogP contribution >= 0.6 is 27.3 Å². The summed E-state index contributed by atoms with van der Waals surface area (Å²) >= 11 is 5.03. The molecule has 0 saturated heterocycles. The third kappa shape index (κ3) is 3.13. The van der Waals surface area contributed by atoms with Crippen molar-refractivity contribution in [3.63, 3.8) is 0 Å². The average Bonchev–Trinajstić information content (AvgIpc) is 2.73. The normalized spacial score (nSPS) is 12.6. The first-order valence-electron chi connectivity index (χ1n) is 5.14. The molecule has 0 saturated carbocycles. The molecule has 1 heterocycles. The lowest BCUT2D eigenvalue weighted by molar-refractivity contribution is 0.513. The Labute approximate surface area is 112 Å². The van der Waals surface area contributed by atoms with Crippen molar-refractivity contribution in [2.75, 3.05) is 0 Å². The van der Waals surface area contributed by atoms with E-state index in [1.54, 1.807) is 23.5 Å². The van der Waals surface area contributed by atoms with E-state index in [0.717, 1.165) is 9.35 Å². The Morgan fingerprint density at radius 2 is 2.18 bits per heavy atom. The molecule has 1 aromatic heterocycles. The topological polar surface area (TPSA) is 38.0 Å². The Bertz CT molecular complexity index is 501. The van der Waals surface area contributed by atoms with Crippen LogP contribution in [0.5, 0.6) is 0 Å². The Hall–Kier alpha value is -0.750. The monoisotopic (exact) mass is 314 g/mol. The maximum absolute atomic E-state index is 13.6. The van der Waals surface area contributed by atoms with Crippen LogP contribution in [0.3, 0.4) is 0 Å². The number of hydrogen-bond acceptors (Lipinski definition) is 3. The van der Waals surface area contributed by atoms with E-state index in [1.165, 1.54) is 6.07 Å². The van der Waals surface area contributed by atoms with Crippen LogP contribution in [-0.2, 0) is 6.42 Å². The minimum atomic E-state index is -0.230. The lowest BCUT2D eigenvalue weighted by Crippen LogP contribution is -2.30. The van der Waals surface area contributed by atoms with E-state index >= 15 is 0 Å². The van der Waals surface area contributed by atoms with Gasteiger partial charge >= 0.3 is 0 Å². The highest BCUT2D eigenvalue weighted by Gasteiger charge is 2.15. The highest BCUT2D eigenvalue weighted by Crippen LogP contribution is 2.26. The van der Waals surface area contributed by atoms with Crippen molar-refractivity contribution >= 4 is 27.3 Å². The van der Waals surface area contributed by atoms with Gasteiger partial charge in [-0.05, 0) is 28.1 Å². The van der Waals surface area contributed by atoms with Crippen LogP contribution in [0.1, 0.15) is 16.5 Å². The van der Waals surface area contributed by atoms with Gasteiger partial charge in [-0.1, -0.05) is 18.2 Å². The molecule has 0 fully saturated rings. The third-order valence-electron chi connectivity index (χ3n) is 2.51. The van der Waals surface area contributed by atoms with Crippen molar-refractivity contribution < 1.29 is 4.39 Å². The van der Waals surface area contributed by atoms with Crippen LogP contribution in [-0.4, -0.2) is 0 Å². The second kappa shape index (κ2) is 5.73. The number of rotatable bonds is 4. The number of nitrogens with one attached hydrogen (secondary N) is 1. The van der Waals surface area contributed by atoms with E-state index in [0.29, 0.717) is 12.0 Å². The molecule has 1 atom stereocenters. The fourth-order valence-electron chi connectivity index (χ4n) is 1.68. The minimum Gasteiger partial charge on any atom is -0.271 e. The molecule has 0 aliphatic carbocycles. The molecule has 0 spiro atoms. The lowest BCUT2D eigenvalue weighted by Gasteiger charge is -2.15. The highest BCUT2D eigenvalue weighted by atomic mass is 79.9. The summed E-state index contributed by atoms with van der Waals surface area (Å²) in [6.07, 6.45) is 0.674. The molecule has 0 amide bonds. The number of benzene rings is 1. The summed E-state index contributed by atoms with van der Waals surface area (Å²) in [4.78, 5) is 1.16. The third-order valence-corrected chi connectivity index (χ3v) is 4.23. The van der Waals surface area contributed by atoms with Gasteiger partial charge in [-0.2, -0.15) is 0 Å². The largest absolute Gasteiger partial charge is 0.271 e. The molecule has 17 heavy (non-hydrogen) atoms. The molecule has 1 aromatic carbocycles. The summed E-state index contributed by atoms with van der Waals surface area (Å²) in [5, 5.41) is 2.00. The van der Waals surface area contributed by atoms with Gasteiger partial charge in [0.2, 0.25) is 0 Å². The summed E-state index contributed by atoms with van der Waals surface area (Å²) in [6, 6.07) is 8.51. The fraction of sp³-hybridized carbons (Fsp3) is 0.167. The van der Waals surface area contributed by atoms with E-state index in [2.05, 4.69) is 21.4 Å². The molecule has 0 bridgehead atoms. The lowest BCUT2D eigenvalue weighted by atomic mass is 10.0. The van der Waals surface area contributed by atoms with Crippen molar-refractivity contribution in [1.82, 2.24) is 5.43 Å². The van der Waals surface area contributed by atoms with Crippen LogP contribution in [0.25, 0.3) is 0 Å². The van der Waals surface area contributed by atoms with Crippen molar-refractivity contribution in [2.24, 2.45) is 5.84 Å². The van der Waals surface area contributed by atoms with Crippen LogP contribution < -0.4 is 11.3 Å². The Balaban J connectivity index is 2.20. The summed E-state index contributed by atoms with van der Waals surface area (Å²) < 4.78 is 14.7. The molecule has 0 aliphatic rings. The van der Waals surface area contributed by atoms with Crippen molar-refractivity contribution in [3.05, 3.63) is 56.4 Å². The van der Waals surface area contributed by atoms with Gasteiger partial charge in [0.15, 0.2) is 0 Å². The van der Waals surface area contributed by atoms with Gasteiger partial charge in [-0.15, -0.1) is 11.3 Å². The summed E-state index contributed by atoms with van der Waals surface area (Å²) in [5.41, 5.74) is 3.27. The molecule has 90 valence electrons. The van der Waals surface area contributed by atoms with Gasteiger partial charge in [0.25, 0.3) is 0 Å². The maximum Gasteiger partial charge on any atom is 0.128 e. The minimum absolute atomic E-state index is 0.207. The molecule has 2 nitrogen and oxygen atoms in total. The second-order valence-electron chi connectivity index (χ2n) is 3.68. The fourth-order valence-corrected chi connectivity index (χ4v) is 3.18. The number of thiophene rings is 1. The predicted octanol–water partition coefficient (Wildman–Crippen LogP) is 3.40. The molecule has 5 heteroatoms. The zero-order chi connectivity index (χ0) is 12.3. The zero-order valence-electron chi connectivity index (χ0n) is 8.99. The predicted molar refractivity (Wildman–Crippen MR) is 72.2 cm³/mol. The molecule has 2 rings (SSSR count). The van der Waals surface area contributed by atoms with Gasteiger partial charge < -0.3 is 0 Å². The molecule has 3 N–H and O–H groups in total. The average molecular weight is 315 g/mol. The van der Waals surface area contributed by atoms with Crippen molar-refractivity contribution in [2.45, 2.75) is 12.5 Å². The molecular weight excluding hydrogens is 303 g/mol. The van der Waals surface area contributed by atoms with E-state index in [-0.39, 0.29) is 11.9 Å². The number of hydrogen-bond donors (Lipinski definition) is 2. The van der Waals surface area contributed by atoms with Crippen LogP contribution in [0.4, 0.5) is 4.39 Å². The summed E-state index contributed by atoms with van der Waals surface area (Å²) in [6.45, 7) is 0. The summed E-state index contributed by atoms with van der Waals surface area (Å²) in [5.74, 6) is 5.27. The molecule has 0 aliphatic heterocycles. The van der Waals surface area contributed by atoms with Gasteiger partial charge in [0.05, 0.1) is 6.04 Å². The maximum atomic E-state index is 13.6. The Morgan fingerprint density at radius 1 is 1.41 bits per heavy atom. The van der Waals surface area contributed by atoms with E-state index in [9.17, 15) is 4.39 Å². The first-order valence-corrected chi connectivity index (χ1v) is 6.81. The number of nitrogens with two attached hydrogens (primary N) is 1. The number of hydrazine groups is 1. The quantitative estimate of drug-likeness (QED) is 0.670. The molecule has 0 radical (unpaired) electrons. The van der Waals surface area contributed by atoms with Crippen LogP contribution in [0, 0.1) is 5.82 Å². The standard InChI is InChI=1S/C12H12BrFN2S/c13-8-5-9(17-7-8)6-12(16-15)10-3-1-2-4-11(10)14/h1-5,7,12,16H,6,15H2. The zero-order valence-corrected chi connectivity index (χ0v) is 11.4. The first kappa shape index (κ1) is 12.7. The second-order valence-corrected chi connectivity index (χ2v) is 5.59. The van der Waals surface area contributed by atoms with Crippen LogP contribution in [0.2, 0.25) is 0 Å². The van der Waals surface area contributed by atoms with Gasteiger partial charge in [-0.25, -0.2) is 4.39 Å². The first-order chi connectivity index (χ1) is 8.20. The van der Waals surface area contributed by atoms with Crippen LogP contribution in [0.15, 0.2) is 40.2 Å². The molecular formula is C12H12BrFN2S. The molecule has 2 aromatic rings. The van der Waals surface area contributed by atoms with Gasteiger partial charge in [0.1, 0.15) is 5.82 Å². The van der Waals surface area contributed by atoms with E-state index < -0.39 is 0 Å². The number of halogens is 2. The smallest absolute Gasteiger partial charge is 0.128 e. The van der Waals surface area contributed by atoms with Gasteiger partial charge in [-0.3, -0.25) is 11.3 Å². The van der Waals surface area contributed by atoms with Crippen molar-refractivity contribution in [3.8, 4) is 0 Å². The Kier molecular flexibility index (Phi) is 4.28. The van der Waals surface area contributed by atoms with Crippen molar-refractivity contribution in [1.29, 1.82) is 0 Å². The van der Waals surface area contributed by atoms with E-state index in [1.807, 2.05) is 17.5 Å². The molecule has 1 unspecified atom stereocenters. The SMILES string of the molecule is NNC(Cc1cc(Br)cs1)c1ccccc1F.